The zero-order chi connectivity index (χ0) is 21.3. The van der Waals surface area contributed by atoms with E-state index in [0.717, 1.165) is 54.9 Å². The highest BCUT2D eigenvalue weighted by Gasteiger charge is 2.18. The van der Waals surface area contributed by atoms with E-state index in [1.807, 2.05) is 18.3 Å². The first-order chi connectivity index (χ1) is 14.6. The Kier molecular flexibility index (Phi) is 10.3. The summed E-state index contributed by atoms with van der Waals surface area (Å²) in [5.41, 5.74) is 3.41. The monoisotopic (exact) mass is 539 g/mol. The lowest BCUT2D eigenvalue weighted by Crippen LogP contribution is -2.41. The molecule has 8 heteroatoms. The van der Waals surface area contributed by atoms with Gasteiger partial charge < -0.3 is 25.0 Å². The number of hydrogen-bond donors (Lipinski definition) is 2. The quantitative estimate of drug-likeness (QED) is 0.319. The molecule has 7 nitrogen and oxygen atoms in total. The maximum Gasteiger partial charge on any atom is 0.191 e. The van der Waals surface area contributed by atoms with Gasteiger partial charge in [-0.25, -0.2) is 9.98 Å². The van der Waals surface area contributed by atoms with Crippen LogP contribution in [0.3, 0.4) is 0 Å². The van der Waals surface area contributed by atoms with Crippen LogP contribution < -0.4 is 20.3 Å². The number of guanidine groups is 1. The second-order valence-corrected chi connectivity index (χ2v) is 7.51. The van der Waals surface area contributed by atoms with E-state index in [4.69, 9.17) is 14.5 Å². The molecule has 1 aromatic carbocycles. The molecule has 0 spiro atoms. The normalized spacial score (nSPS) is 16.5. The van der Waals surface area contributed by atoms with Gasteiger partial charge in [0.2, 0.25) is 0 Å². The van der Waals surface area contributed by atoms with Crippen LogP contribution >= 0.6 is 24.0 Å². The standard InChI is InChI=1S/C23H33N5O2.HI/c1-5-24-23(27-15-20-7-6-17(2)12-21(20)29-4)26-14-19-8-9-25-22(13-19)28-10-11-30-18(3)16-28;/h6-9,12-13,18H,5,10-11,14-16H2,1-4H3,(H2,24,26,27);1H. The fourth-order valence-electron chi connectivity index (χ4n) is 3.45. The SMILES string of the molecule is CCNC(=NCc1ccnc(N2CCOC(C)C2)c1)NCc1ccc(C)cc1OC.I. The fraction of sp³-hybridized carbons (Fsp3) is 0.478. The number of aryl methyl sites for hydroxylation is 1. The average molecular weight is 539 g/mol. The first-order valence-electron chi connectivity index (χ1n) is 10.6. The zero-order valence-electron chi connectivity index (χ0n) is 18.9. The molecule has 0 aliphatic carbocycles. The highest BCUT2D eigenvalue weighted by Crippen LogP contribution is 2.20. The van der Waals surface area contributed by atoms with E-state index in [1.54, 1.807) is 7.11 Å². The van der Waals surface area contributed by atoms with Crippen molar-refractivity contribution in [1.82, 2.24) is 15.6 Å². The van der Waals surface area contributed by atoms with Crippen molar-refractivity contribution >= 4 is 35.8 Å². The van der Waals surface area contributed by atoms with Crippen LogP contribution in [0.25, 0.3) is 0 Å². The molecule has 0 bridgehead atoms. The summed E-state index contributed by atoms with van der Waals surface area (Å²) in [6.07, 6.45) is 2.09. The number of ether oxygens (including phenoxy) is 2. The number of pyridine rings is 1. The van der Waals surface area contributed by atoms with E-state index < -0.39 is 0 Å². The molecule has 0 radical (unpaired) electrons. The van der Waals surface area contributed by atoms with Gasteiger partial charge in [-0.2, -0.15) is 0 Å². The Morgan fingerprint density at radius 3 is 2.87 bits per heavy atom. The first kappa shape index (κ1) is 25.2. The minimum absolute atomic E-state index is 0. The molecule has 0 amide bonds. The van der Waals surface area contributed by atoms with Crippen LogP contribution in [0.5, 0.6) is 5.75 Å². The van der Waals surface area contributed by atoms with Crippen molar-refractivity contribution < 1.29 is 9.47 Å². The predicted octanol–water partition coefficient (Wildman–Crippen LogP) is 3.50. The van der Waals surface area contributed by atoms with E-state index in [0.29, 0.717) is 13.1 Å². The van der Waals surface area contributed by atoms with Crippen molar-refractivity contribution in [2.24, 2.45) is 4.99 Å². The molecule has 1 fully saturated rings. The third kappa shape index (κ3) is 7.53. The number of morpholine rings is 1. The van der Waals surface area contributed by atoms with E-state index >= 15 is 0 Å². The smallest absolute Gasteiger partial charge is 0.191 e. The highest BCUT2D eigenvalue weighted by molar-refractivity contribution is 14.0. The summed E-state index contributed by atoms with van der Waals surface area (Å²) >= 11 is 0. The molecule has 1 aliphatic heterocycles. The zero-order valence-corrected chi connectivity index (χ0v) is 21.2. The molecule has 3 rings (SSSR count). The van der Waals surface area contributed by atoms with Crippen LogP contribution in [0.4, 0.5) is 5.82 Å². The Hall–Kier alpha value is -2.07. The van der Waals surface area contributed by atoms with Gasteiger partial charge in [0.15, 0.2) is 5.96 Å². The van der Waals surface area contributed by atoms with Crippen molar-refractivity contribution in [3.8, 4) is 5.75 Å². The summed E-state index contributed by atoms with van der Waals surface area (Å²) in [5.74, 6) is 2.65. The Morgan fingerprint density at radius 1 is 1.29 bits per heavy atom. The average Bonchev–Trinajstić information content (AvgIpc) is 2.76. The van der Waals surface area contributed by atoms with E-state index in [9.17, 15) is 0 Å². The molecule has 2 heterocycles. The van der Waals surface area contributed by atoms with Gasteiger partial charge >= 0.3 is 0 Å². The topological polar surface area (TPSA) is 71.0 Å². The number of methoxy groups -OCH3 is 1. The van der Waals surface area contributed by atoms with Crippen LogP contribution in [0.15, 0.2) is 41.5 Å². The lowest BCUT2D eigenvalue weighted by Gasteiger charge is -2.32. The first-order valence-corrected chi connectivity index (χ1v) is 10.6. The van der Waals surface area contributed by atoms with E-state index in [1.165, 1.54) is 5.56 Å². The molecular formula is C23H34IN5O2. The highest BCUT2D eigenvalue weighted by atomic mass is 127. The van der Waals surface area contributed by atoms with Crippen LogP contribution in [0.1, 0.15) is 30.5 Å². The maximum absolute atomic E-state index is 5.64. The fourth-order valence-corrected chi connectivity index (χ4v) is 3.45. The van der Waals surface area contributed by atoms with Crippen molar-refractivity contribution in [3.63, 3.8) is 0 Å². The minimum Gasteiger partial charge on any atom is -0.496 e. The second kappa shape index (κ2) is 12.7. The van der Waals surface area contributed by atoms with Crippen molar-refractivity contribution in [3.05, 3.63) is 53.2 Å². The number of nitrogens with one attached hydrogen (secondary N) is 2. The van der Waals surface area contributed by atoms with Gasteiger partial charge in [0.05, 0.1) is 26.4 Å². The lowest BCUT2D eigenvalue weighted by atomic mass is 10.1. The van der Waals surface area contributed by atoms with E-state index in [2.05, 4.69) is 59.5 Å². The summed E-state index contributed by atoms with van der Waals surface area (Å²) in [5, 5.41) is 6.71. The molecule has 1 unspecified atom stereocenters. The Morgan fingerprint density at radius 2 is 2.13 bits per heavy atom. The Balaban J connectivity index is 0.00000341. The van der Waals surface area contributed by atoms with Crippen molar-refractivity contribution in [2.75, 3.05) is 38.3 Å². The molecule has 2 aromatic rings. The van der Waals surface area contributed by atoms with Gasteiger partial charge in [-0.3, -0.25) is 0 Å². The molecule has 1 aliphatic rings. The molecule has 170 valence electrons. The third-order valence-corrected chi connectivity index (χ3v) is 5.03. The van der Waals surface area contributed by atoms with Gasteiger partial charge in [-0.15, -0.1) is 24.0 Å². The summed E-state index contributed by atoms with van der Waals surface area (Å²) in [4.78, 5) is 11.6. The number of benzene rings is 1. The number of aromatic nitrogens is 1. The van der Waals surface area contributed by atoms with E-state index in [-0.39, 0.29) is 30.1 Å². The Labute approximate surface area is 202 Å². The number of aliphatic imine (C=N–C) groups is 1. The van der Waals surface area contributed by atoms with Gasteiger partial charge in [-0.05, 0) is 50.1 Å². The minimum atomic E-state index is 0. The van der Waals surface area contributed by atoms with Gasteiger partial charge in [-0.1, -0.05) is 12.1 Å². The molecule has 2 N–H and O–H groups in total. The van der Waals surface area contributed by atoms with Crippen LogP contribution in [0.2, 0.25) is 0 Å². The second-order valence-electron chi connectivity index (χ2n) is 7.51. The summed E-state index contributed by atoms with van der Waals surface area (Å²) in [7, 11) is 1.70. The molecule has 1 saturated heterocycles. The molecule has 31 heavy (non-hydrogen) atoms. The van der Waals surface area contributed by atoms with Gasteiger partial charge in [0.1, 0.15) is 11.6 Å². The number of halogens is 1. The Bertz CT molecular complexity index is 862. The largest absolute Gasteiger partial charge is 0.496 e. The third-order valence-electron chi connectivity index (χ3n) is 5.03. The summed E-state index contributed by atoms with van der Waals surface area (Å²) < 4.78 is 11.1. The molecular weight excluding hydrogens is 505 g/mol. The van der Waals surface area contributed by atoms with Crippen LogP contribution in [-0.4, -0.2) is 50.4 Å². The maximum atomic E-state index is 5.64. The van der Waals surface area contributed by atoms with Gasteiger partial charge in [0, 0.05) is 37.9 Å². The lowest BCUT2D eigenvalue weighted by molar-refractivity contribution is 0.0529. The number of rotatable bonds is 7. The number of anilines is 1. The predicted molar refractivity (Wildman–Crippen MR) is 137 cm³/mol. The van der Waals surface area contributed by atoms with Gasteiger partial charge in [0.25, 0.3) is 0 Å². The molecule has 1 aromatic heterocycles. The number of hydrogen-bond acceptors (Lipinski definition) is 5. The summed E-state index contributed by atoms with van der Waals surface area (Å²) in [6.45, 7) is 10.7. The van der Waals surface area contributed by atoms with Crippen LogP contribution in [0, 0.1) is 6.92 Å². The molecule has 0 saturated carbocycles. The summed E-state index contributed by atoms with van der Waals surface area (Å²) in [6, 6.07) is 10.4. The van der Waals surface area contributed by atoms with Crippen LogP contribution in [-0.2, 0) is 17.8 Å². The number of nitrogens with zero attached hydrogens (tertiary/aromatic N) is 3. The van der Waals surface area contributed by atoms with Crippen molar-refractivity contribution in [2.45, 2.75) is 40.0 Å². The molecule has 1 atom stereocenters. The van der Waals surface area contributed by atoms with Crippen molar-refractivity contribution in [1.29, 1.82) is 0 Å².